The Morgan fingerprint density at radius 2 is 2.33 bits per heavy atom. The first kappa shape index (κ1) is 11.2. The van der Waals surface area contributed by atoms with Gasteiger partial charge in [-0.05, 0) is 44.2 Å². The van der Waals surface area contributed by atoms with E-state index in [1.165, 1.54) is 35.3 Å². The fourth-order valence-electron chi connectivity index (χ4n) is 2.09. The van der Waals surface area contributed by atoms with Gasteiger partial charge >= 0.3 is 0 Å². The van der Waals surface area contributed by atoms with Crippen molar-refractivity contribution < 1.29 is 0 Å². The van der Waals surface area contributed by atoms with Gasteiger partial charge in [0.1, 0.15) is 0 Å². The third-order valence-electron chi connectivity index (χ3n) is 2.92. The van der Waals surface area contributed by atoms with Gasteiger partial charge in [-0.1, -0.05) is 23.3 Å². The molecule has 1 N–H and O–H groups in total. The van der Waals surface area contributed by atoms with E-state index in [2.05, 4.69) is 23.7 Å². The first-order valence-corrected chi connectivity index (χ1v) is 6.59. The number of allylic oxidation sites excluding steroid dienone is 1. The molecular formula is C12H16ClNS. The maximum atomic E-state index is 6.30. The lowest BCUT2D eigenvalue weighted by Crippen LogP contribution is -2.17. The predicted molar refractivity (Wildman–Crippen MR) is 67.8 cm³/mol. The SMILES string of the molecule is CNC(C1=CCCC1)c1scc(C)c1Cl. The molecule has 1 aromatic rings. The molecule has 1 nitrogen and oxygen atoms in total. The van der Waals surface area contributed by atoms with E-state index in [9.17, 15) is 0 Å². The molecule has 0 bridgehead atoms. The zero-order valence-corrected chi connectivity index (χ0v) is 10.7. The summed E-state index contributed by atoms with van der Waals surface area (Å²) in [4.78, 5) is 1.27. The van der Waals surface area contributed by atoms with Gasteiger partial charge in [-0.2, -0.15) is 0 Å². The Kier molecular flexibility index (Phi) is 3.49. The highest BCUT2D eigenvalue weighted by Gasteiger charge is 2.21. The molecule has 2 rings (SSSR count). The Morgan fingerprint density at radius 3 is 2.80 bits per heavy atom. The van der Waals surface area contributed by atoms with Crippen molar-refractivity contribution in [2.24, 2.45) is 0 Å². The van der Waals surface area contributed by atoms with Crippen molar-refractivity contribution in [3.8, 4) is 0 Å². The summed E-state index contributed by atoms with van der Waals surface area (Å²) in [7, 11) is 2.01. The number of likely N-dealkylation sites (N-methyl/N-ethyl adjacent to an activating group) is 1. The molecule has 15 heavy (non-hydrogen) atoms. The zero-order chi connectivity index (χ0) is 10.8. The molecule has 1 aliphatic rings. The molecule has 1 atom stereocenters. The van der Waals surface area contributed by atoms with Gasteiger partial charge in [0.2, 0.25) is 0 Å². The van der Waals surface area contributed by atoms with E-state index in [-0.39, 0.29) is 0 Å². The Balaban J connectivity index is 2.30. The van der Waals surface area contributed by atoms with E-state index in [0.29, 0.717) is 6.04 Å². The van der Waals surface area contributed by atoms with Gasteiger partial charge in [0.05, 0.1) is 11.1 Å². The minimum absolute atomic E-state index is 0.332. The first-order valence-electron chi connectivity index (χ1n) is 5.33. The normalized spacial score (nSPS) is 17.9. The van der Waals surface area contributed by atoms with Crippen LogP contribution in [0.1, 0.15) is 35.7 Å². The molecule has 0 spiro atoms. The molecule has 0 aromatic carbocycles. The van der Waals surface area contributed by atoms with Crippen molar-refractivity contribution in [1.82, 2.24) is 5.32 Å². The molecule has 0 radical (unpaired) electrons. The van der Waals surface area contributed by atoms with Crippen molar-refractivity contribution in [2.45, 2.75) is 32.2 Å². The smallest absolute Gasteiger partial charge is 0.0643 e. The van der Waals surface area contributed by atoms with Crippen LogP contribution in [-0.2, 0) is 0 Å². The van der Waals surface area contributed by atoms with Crippen molar-refractivity contribution in [3.05, 3.63) is 32.5 Å². The van der Waals surface area contributed by atoms with E-state index < -0.39 is 0 Å². The molecule has 82 valence electrons. The monoisotopic (exact) mass is 241 g/mol. The minimum Gasteiger partial charge on any atom is -0.309 e. The van der Waals surface area contributed by atoms with Crippen LogP contribution in [0.5, 0.6) is 0 Å². The Morgan fingerprint density at radius 1 is 1.53 bits per heavy atom. The lowest BCUT2D eigenvalue weighted by atomic mass is 10.0. The third kappa shape index (κ3) is 2.12. The lowest BCUT2D eigenvalue weighted by molar-refractivity contribution is 0.666. The summed E-state index contributed by atoms with van der Waals surface area (Å²) in [5, 5.41) is 6.45. The van der Waals surface area contributed by atoms with Crippen LogP contribution in [0.25, 0.3) is 0 Å². The lowest BCUT2D eigenvalue weighted by Gasteiger charge is -2.16. The van der Waals surface area contributed by atoms with E-state index in [1.54, 1.807) is 11.3 Å². The van der Waals surface area contributed by atoms with Gasteiger partial charge in [0, 0.05) is 4.88 Å². The van der Waals surface area contributed by atoms with Gasteiger partial charge in [0.25, 0.3) is 0 Å². The van der Waals surface area contributed by atoms with Crippen LogP contribution in [0.2, 0.25) is 5.02 Å². The predicted octanol–water partition coefficient (Wildman–Crippen LogP) is 4.08. The van der Waals surface area contributed by atoms with Crippen LogP contribution in [0, 0.1) is 6.92 Å². The summed E-state index contributed by atoms with van der Waals surface area (Å²) >= 11 is 8.06. The highest BCUT2D eigenvalue weighted by atomic mass is 35.5. The van der Waals surface area contributed by atoms with E-state index in [0.717, 1.165) is 5.02 Å². The van der Waals surface area contributed by atoms with Crippen LogP contribution in [-0.4, -0.2) is 7.05 Å². The van der Waals surface area contributed by atoms with Gasteiger partial charge in [0.15, 0.2) is 0 Å². The average Bonchev–Trinajstić information content (AvgIpc) is 2.84. The molecule has 1 unspecified atom stereocenters. The van der Waals surface area contributed by atoms with Crippen molar-refractivity contribution >= 4 is 22.9 Å². The highest BCUT2D eigenvalue weighted by Crippen LogP contribution is 2.38. The molecule has 1 aromatic heterocycles. The average molecular weight is 242 g/mol. The number of hydrogen-bond acceptors (Lipinski definition) is 2. The van der Waals surface area contributed by atoms with Crippen molar-refractivity contribution in [3.63, 3.8) is 0 Å². The summed E-state index contributed by atoms with van der Waals surface area (Å²) < 4.78 is 0. The molecule has 0 saturated carbocycles. The second kappa shape index (κ2) is 4.69. The van der Waals surface area contributed by atoms with Gasteiger partial charge in [-0.3, -0.25) is 0 Å². The maximum absolute atomic E-state index is 6.30. The number of halogens is 1. The minimum atomic E-state index is 0.332. The van der Waals surface area contributed by atoms with Crippen LogP contribution >= 0.6 is 22.9 Å². The van der Waals surface area contributed by atoms with E-state index >= 15 is 0 Å². The standard InChI is InChI=1S/C12H16ClNS/c1-8-7-15-12(10(8)13)11(14-2)9-5-3-4-6-9/h5,7,11,14H,3-4,6H2,1-2H3. The molecule has 3 heteroatoms. The largest absolute Gasteiger partial charge is 0.309 e. The molecule has 1 heterocycles. The molecular weight excluding hydrogens is 226 g/mol. The fourth-order valence-corrected chi connectivity index (χ4v) is 3.54. The topological polar surface area (TPSA) is 12.0 Å². The molecule has 0 aliphatic heterocycles. The summed E-state index contributed by atoms with van der Waals surface area (Å²) in [6.45, 7) is 2.07. The number of hydrogen-bond donors (Lipinski definition) is 1. The molecule has 0 saturated heterocycles. The summed E-state index contributed by atoms with van der Waals surface area (Å²) in [6, 6.07) is 0.332. The van der Waals surface area contributed by atoms with Gasteiger partial charge in [-0.25, -0.2) is 0 Å². The van der Waals surface area contributed by atoms with Gasteiger partial charge in [-0.15, -0.1) is 11.3 Å². The zero-order valence-electron chi connectivity index (χ0n) is 9.14. The van der Waals surface area contributed by atoms with Gasteiger partial charge < -0.3 is 5.32 Å². The van der Waals surface area contributed by atoms with Crippen molar-refractivity contribution in [2.75, 3.05) is 7.05 Å². The summed E-state index contributed by atoms with van der Waals surface area (Å²) in [6.07, 6.45) is 6.07. The van der Waals surface area contributed by atoms with Crippen LogP contribution in [0.3, 0.4) is 0 Å². The van der Waals surface area contributed by atoms with E-state index in [1.807, 2.05) is 7.05 Å². The molecule has 1 aliphatic carbocycles. The second-order valence-electron chi connectivity index (χ2n) is 3.99. The van der Waals surface area contributed by atoms with Crippen LogP contribution in [0.15, 0.2) is 17.0 Å². The number of aryl methyl sites for hydroxylation is 1. The maximum Gasteiger partial charge on any atom is 0.0643 e. The molecule has 0 amide bonds. The first-order chi connectivity index (χ1) is 7.24. The Labute approximate surface area is 100 Å². The van der Waals surface area contributed by atoms with Crippen molar-refractivity contribution in [1.29, 1.82) is 0 Å². The van der Waals surface area contributed by atoms with E-state index in [4.69, 9.17) is 11.6 Å². The fraction of sp³-hybridized carbons (Fsp3) is 0.500. The number of thiophene rings is 1. The number of nitrogens with one attached hydrogen (secondary N) is 1. The second-order valence-corrected chi connectivity index (χ2v) is 5.28. The summed E-state index contributed by atoms with van der Waals surface area (Å²) in [5.41, 5.74) is 2.69. The van der Waals surface area contributed by atoms with Crippen LogP contribution < -0.4 is 5.32 Å². The highest BCUT2D eigenvalue weighted by molar-refractivity contribution is 7.10. The Bertz CT molecular complexity index is 381. The Hall–Kier alpha value is -0.310. The van der Waals surface area contributed by atoms with Crippen LogP contribution in [0.4, 0.5) is 0 Å². The molecule has 0 fully saturated rings. The summed E-state index contributed by atoms with van der Waals surface area (Å²) in [5.74, 6) is 0. The number of rotatable bonds is 3. The third-order valence-corrected chi connectivity index (χ3v) is 4.70. The quantitative estimate of drug-likeness (QED) is 0.787.